The van der Waals surface area contributed by atoms with Gasteiger partial charge in [-0.3, -0.25) is 4.79 Å². The minimum Gasteiger partial charge on any atom is -0.505 e. The quantitative estimate of drug-likeness (QED) is 0.813. The van der Waals surface area contributed by atoms with Crippen molar-refractivity contribution in [3.05, 3.63) is 52.5 Å². The van der Waals surface area contributed by atoms with Crippen LogP contribution >= 0.6 is 23.2 Å². The number of benzene rings is 2. The molecule has 0 aromatic heterocycles. The van der Waals surface area contributed by atoms with E-state index in [2.05, 4.69) is 5.32 Å². The highest BCUT2D eigenvalue weighted by Crippen LogP contribution is 2.34. The molecule has 0 aliphatic rings. The number of nitrogens with one attached hydrogen (secondary N) is 1. The van der Waals surface area contributed by atoms with Gasteiger partial charge in [0.05, 0.1) is 23.1 Å². The minimum absolute atomic E-state index is 0.0818. The summed E-state index contributed by atoms with van der Waals surface area (Å²) in [5.74, 6) is 0.272. The molecule has 0 fully saturated rings. The van der Waals surface area contributed by atoms with Gasteiger partial charge in [0.1, 0.15) is 5.75 Å². The first-order chi connectivity index (χ1) is 10.1. The highest BCUT2D eigenvalue weighted by molar-refractivity contribution is 6.37. The third-order valence-electron chi connectivity index (χ3n) is 2.64. The molecule has 0 bridgehead atoms. The number of halogens is 2. The summed E-state index contributed by atoms with van der Waals surface area (Å²) in [4.78, 5) is 11.8. The van der Waals surface area contributed by atoms with E-state index in [-0.39, 0.29) is 34.7 Å². The Bertz CT molecular complexity index is 609. The van der Waals surface area contributed by atoms with Crippen LogP contribution in [-0.4, -0.2) is 17.6 Å². The number of ether oxygens (including phenoxy) is 1. The first kappa shape index (κ1) is 15.5. The summed E-state index contributed by atoms with van der Waals surface area (Å²) in [5, 5.41) is 12.2. The highest BCUT2D eigenvalue weighted by Gasteiger charge is 2.09. The van der Waals surface area contributed by atoms with Gasteiger partial charge >= 0.3 is 0 Å². The molecule has 2 rings (SSSR count). The summed E-state index contributed by atoms with van der Waals surface area (Å²) in [6, 6.07) is 12.1. The van der Waals surface area contributed by atoms with Gasteiger partial charge in [-0.1, -0.05) is 41.4 Å². The number of amides is 1. The van der Waals surface area contributed by atoms with E-state index < -0.39 is 0 Å². The van der Waals surface area contributed by atoms with Crippen molar-refractivity contribution in [3.63, 3.8) is 0 Å². The molecule has 1 amide bonds. The largest absolute Gasteiger partial charge is 0.505 e. The summed E-state index contributed by atoms with van der Waals surface area (Å²) in [6.07, 6.45) is 0.186. The van der Waals surface area contributed by atoms with Crippen molar-refractivity contribution < 1.29 is 14.6 Å². The maximum Gasteiger partial charge on any atom is 0.227 e. The number of carbonyl (C=O) groups excluding carboxylic acids is 1. The molecule has 110 valence electrons. The molecule has 21 heavy (non-hydrogen) atoms. The zero-order valence-electron chi connectivity index (χ0n) is 11.0. The summed E-state index contributed by atoms with van der Waals surface area (Å²) >= 11 is 11.6. The summed E-state index contributed by atoms with van der Waals surface area (Å²) < 4.78 is 5.43. The number of phenolic OH excluding ortho intramolecular Hbond substituents is 1. The van der Waals surface area contributed by atoms with Crippen LogP contribution in [0, 0.1) is 0 Å². The molecule has 6 heteroatoms. The molecule has 0 atom stereocenters. The molecular formula is C15H13Cl2NO3. The first-order valence-electron chi connectivity index (χ1n) is 6.22. The second-order valence-electron chi connectivity index (χ2n) is 4.25. The Labute approximate surface area is 132 Å². The number of para-hydroxylation sites is 1. The van der Waals surface area contributed by atoms with Crippen LogP contribution in [0.25, 0.3) is 0 Å². The number of hydrogen-bond donors (Lipinski definition) is 2. The number of anilines is 1. The van der Waals surface area contributed by atoms with E-state index in [4.69, 9.17) is 27.9 Å². The van der Waals surface area contributed by atoms with Crippen molar-refractivity contribution in [2.24, 2.45) is 0 Å². The van der Waals surface area contributed by atoms with Gasteiger partial charge in [-0.05, 0) is 24.3 Å². The molecule has 2 N–H and O–H groups in total. The normalized spacial score (nSPS) is 10.2. The van der Waals surface area contributed by atoms with Gasteiger partial charge in [-0.15, -0.1) is 0 Å². The molecule has 0 heterocycles. The van der Waals surface area contributed by atoms with Crippen molar-refractivity contribution >= 4 is 34.8 Å². The monoisotopic (exact) mass is 325 g/mol. The fourth-order valence-electron chi connectivity index (χ4n) is 1.64. The second kappa shape index (κ2) is 7.20. The van der Waals surface area contributed by atoms with Crippen molar-refractivity contribution in [1.82, 2.24) is 0 Å². The number of hydrogen-bond acceptors (Lipinski definition) is 3. The lowest BCUT2D eigenvalue weighted by Crippen LogP contribution is -2.15. The van der Waals surface area contributed by atoms with E-state index in [1.165, 1.54) is 12.1 Å². The lowest BCUT2D eigenvalue weighted by atomic mass is 10.3. The Morgan fingerprint density at radius 3 is 2.38 bits per heavy atom. The number of aromatic hydroxyl groups is 1. The summed E-state index contributed by atoms with van der Waals surface area (Å²) in [6.45, 7) is 0.259. The first-order valence-corrected chi connectivity index (χ1v) is 6.97. The van der Waals surface area contributed by atoms with Crippen LogP contribution in [0.1, 0.15) is 6.42 Å². The molecule has 2 aromatic rings. The van der Waals surface area contributed by atoms with Crippen LogP contribution in [0.4, 0.5) is 5.69 Å². The highest BCUT2D eigenvalue weighted by atomic mass is 35.5. The lowest BCUT2D eigenvalue weighted by Gasteiger charge is -2.09. The number of carbonyl (C=O) groups is 1. The van der Waals surface area contributed by atoms with E-state index in [9.17, 15) is 9.90 Å². The fraction of sp³-hybridized carbons (Fsp3) is 0.133. The fourth-order valence-corrected chi connectivity index (χ4v) is 2.13. The number of rotatable bonds is 5. The van der Waals surface area contributed by atoms with Crippen molar-refractivity contribution in [1.29, 1.82) is 0 Å². The van der Waals surface area contributed by atoms with E-state index in [1.54, 1.807) is 0 Å². The SMILES string of the molecule is O=C(CCOc1ccccc1)Nc1cc(Cl)c(O)c(Cl)c1. The zero-order valence-corrected chi connectivity index (χ0v) is 12.5. The molecule has 4 nitrogen and oxygen atoms in total. The maximum absolute atomic E-state index is 11.8. The van der Waals surface area contributed by atoms with E-state index in [0.29, 0.717) is 11.4 Å². The average molecular weight is 326 g/mol. The van der Waals surface area contributed by atoms with Crippen molar-refractivity contribution in [2.45, 2.75) is 6.42 Å². The Balaban J connectivity index is 1.85. The van der Waals surface area contributed by atoms with Gasteiger partial charge in [0, 0.05) is 5.69 Å². The van der Waals surface area contributed by atoms with Crippen molar-refractivity contribution in [3.8, 4) is 11.5 Å². The Morgan fingerprint density at radius 2 is 1.76 bits per heavy atom. The van der Waals surface area contributed by atoms with Gasteiger partial charge in [0.25, 0.3) is 0 Å². The third-order valence-corrected chi connectivity index (χ3v) is 3.22. The van der Waals surface area contributed by atoms with Gasteiger partial charge in [0.15, 0.2) is 5.75 Å². The second-order valence-corrected chi connectivity index (χ2v) is 5.06. The zero-order chi connectivity index (χ0) is 15.2. The topological polar surface area (TPSA) is 58.6 Å². The Morgan fingerprint density at radius 1 is 1.14 bits per heavy atom. The molecule has 0 aliphatic carbocycles. The molecule has 0 saturated heterocycles. The molecule has 0 radical (unpaired) electrons. The summed E-state index contributed by atoms with van der Waals surface area (Å²) in [7, 11) is 0. The maximum atomic E-state index is 11.8. The Hall–Kier alpha value is -1.91. The summed E-state index contributed by atoms with van der Waals surface area (Å²) in [5.41, 5.74) is 0.424. The lowest BCUT2D eigenvalue weighted by molar-refractivity contribution is -0.116. The molecule has 0 aliphatic heterocycles. The van der Waals surface area contributed by atoms with Crippen LogP contribution in [0.3, 0.4) is 0 Å². The molecule has 2 aromatic carbocycles. The van der Waals surface area contributed by atoms with E-state index in [1.807, 2.05) is 30.3 Å². The molecule has 0 unspecified atom stereocenters. The third kappa shape index (κ3) is 4.55. The Kier molecular flexibility index (Phi) is 5.31. The van der Waals surface area contributed by atoms with Crippen LogP contribution in [0.2, 0.25) is 10.0 Å². The molecule has 0 spiro atoms. The smallest absolute Gasteiger partial charge is 0.227 e. The van der Waals surface area contributed by atoms with Gasteiger partial charge < -0.3 is 15.2 Å². The van der Waals surface area contributed by atoms with Gasteiger partial charge in [0.2, 0.25) is 5.91 Å². The predicted octanol–water partition coefficient (Wildman–Crippen LogP) is 4.11. The van der Waals surface area contributed by atoms with Gasteiger partial charge in [-0.2, -0.15) is 0 Å². The van der Waals surface area contributed by atoms with Gasteiger partial charge in [-0.25, -0.2) is 0 Å². The standard InChI is InChI=1S/C15H13Cl2NO3/c16-12-8-10(9-13(17)15(12)20)18-14(19)6-7-21-11-4-2-1-3-5-11/h1-5,8-9,20H,6-7H2,(H,18,19). The van der Waals surface area contributed by atoms with Crippen LogP contribution in [0.5, 0.6) is 11.5 Å². The van der Waals surface area contributed by atoms with Crippen LogP contribution in [-0.2, 0) is 4.79 Å². The molecule has 0 saturated carbocycles. The predicted molar refractivity (Wildman–Crippen MR) is 83.3 cm³/mol. The minimum atomic E-state index is -0.233. The van der Waals surface area contributed by atoms with E-state index in [0.717, 1.165) is 0 Å². The van der Waals surface area contributed by atoms with Crippen LogP contribution in [0.15, 0.2) is 42.5 Å². The number of phenols is 1. The average Bonchev–Trinajstić information content (AvgIpc) is 2.46. The molecular weight excluding hydrogens is 313 g/mol. The van der Waals surface area contributed by atoms with E-state index >= 15 is 0 Å². The van der Waals surface area contributed by atoms with Crippen LogP contribution < -0.4 is 10.1 Å². The van der Waals surface area contributed by atoms with Crippen molar-refractivity contribution in [2.75, 3.05) is 11.9 Å².